The molecular weight excluding hydrogens is 252 g/mol. The van der Waals surface area contributed by atoms with Crippen LogP contribution in [0, 0.1) is 0 Å². The fourth-order valence-corrected chi connectivity index (χ4v) is 1.81. The molecule has 0 aliphatic heterocycles. The van der Waals surface area contributed by atoms with Gasteiger partial charge in [0.05, 0.1) is 6.61 Å². The molecule has 0 fully saturated rings. The molecule has 0 aromatic heterocycles. The molecule has 96 valence electrons. The second kappa shape index (κ2) is 4.45. The highest BCUT2D eigenvalue weighted by Gasteiger charge is 2.37. The van der Waals surface area contributed by atoms with Crippen molar-refractivity contribution in [2.24, 2.45) is 0 Å². The summed E-state index contributed by atoms with van der Waals surface area (Å²) in [6.45, 7) is -0.279. The molecule has 0 radical (unpaired) electrons. The van der Waals surface area contributed by atoms with Gasteiger partial charge in [-0.25, -0.2) is 0 Å². The summed E-state index contributed by atoms with van der Waals surface area (Å²) >= 11 is 0. The van der Waals surface area contributed by atoms with Crippen LogP contribution in [0.3, 0.4) is 0 Å². The van der Waals surface area contributed by atoms with Crippen molar-refractivity contribution in [3.05, 3.63) is 41.5 Å². The average Bonchev–Trinajstić information content (AvgIpc) is 2.35. The Morgan fingerprint density at radius 1 is 1.11 bits per heavy atom. The third kappa shape index (κ3) is 2.11. The summed E-state index contributed by atoms with van der Waals surface area (Å²) in [6, 6.07) is 6.16. The van der Waals surface area contributed by atoms with Crippen LogP contribution in [-0.4, -0.2) is 5.11 Å². The number of rotatable bonds is 2. The fourth-order valence-electron chi connectivity index (χ4n) is 1.81. The molecule has 2 aromatic carbocycles. The van der Waals surface area contributed by atoms with Gasteiger partial charge in [-0.1, -0.05) is 18.2 Å². The Kier molecular flexibility index (Phi) is 3.13. The van der Waals surface area contributed by atoms with Crippen molar-refractivity contribution in [2.45, 2.75) is 12.8 Å². The number of hydrogen-bond donors (Lipinski definition) is 1. The SMILES string of the molecule is OCc1ccc2c(C(F)(F)F)c(OF)ccc2c1. The number of alkyl halides is 3. The van der Waals surface area contributed by atoms with E-state index in [-0.39, 0.29) is 17.4 Å². The zero-order chi connectivity index (χ0) is 13.3. The summed E-state index contributed by atoms with van der Waals surface area (Å²) in [5, 5.41) is 9.01. The highest BCUT2D eigenvalue weighted by Crippen LogP contribution is 2.41. The minimum Gasteiger partial charge on any atom is -0.392 e. The Morgan fingerprint density at radius 3 is 2.39 bits per heavy atom. The van der Waals surface area contributed by atoms with Crippen LogP contribution in [0.25, 0.3) is 10.8 Å². The minimum absolute atomic E-state index is 0.171. The van der Waals surface area contributed by atoms with Crippen LogP contribution < -0.4 is 4.94 Å². The Hall–Kier alpha value is -1.82. The number of fused-ring (bicyclic) bond motifs is 1. The summed E-state index contributed by atoms with van der Waals surface area (Å²) in [4.78, 5) is 3.27. The standard InChI is InChI=1S/C12H8F4O2/c13-12(14,15)11-9-3-1-7(6-17)5-8(9)2-4-10(11)18-16/h1-5,17H,6H2. The average molecular weight is 260 g/mol. The lowest BCUT2D eigenvalue weighted by atomic mass is 10.0. The zero-order valence-corrected chi connectivity index (χ0v) is 8.96. The number of aliphatic hydroxyl groups is 1. The van der Waals surface area contributed by atoms with Gasteiger partial charge < -0.3 is 5.11 Å². The van der Waals surface area contributed by atoms with E-state index in [9.17, 15) is 17.7 Å². The fraction of sp³-hybridized carbons (Fsp3) is 0.167. The van der Waals surface area contributed by atoms with Gasteiger partial charge >= 0.3 is 6.18 Å². The first-order valence-electron chi connectivity index (χ1n) is 4.99. The second-order valence-electron chi connectivity index (χ2n) is 3.73. The predicted molar refractivity (Wildman–Crippen MR) is 56.6 cm³/mol. The number of hydrogen-bond acceptors (Lipinski definition) is 2. The van der Waals surface area contributed by atoms with Crippen LogP contribution in [-0.2, 0) is 12.8 Å². The van der Waals surface area contributed by atoms with Crippen molar-refractivity contribution in [1.82, 2.24) is 0 Å². The molecule has 0 aliphatic carbocycles. The second-order valence-corrected chi connectivity index (χ2v) is 3.73. The van der Waals surface area contributed by atoms with Gasteiger partial charge in [0.15, 0.2) is 5.75 Å². The van der Waals surface area contributed by atoms with E-state index < -0.39 is 17.5 Å². The first-order valence-corrected chi connectivity index (χ1v) is 4.99. The number of halogens is 4. The molecule has 0 saturated carbocycles. The first-order chi connectivity index (χ1) is 8.47. The van der Waals surface area contributed by atoms with Gasteiger partial charge in [-0.2, -0.15) is 13.2 Å². The van der Waals surface area contributed by atoms with Gasteiger partial charge in [-0.05, 0) is 28.5 Å². The molecule has 2 aromatic rings. The molecular formula is C12H8F4O2. The van der Waals surface area contributed by atoms with E-state index in [1.54, 1.807) is 0 Å². The van der Waals surface area contributed by atoms with Crippen LogP contribution in [0.15, 0.2) is 30.3 Å². The van der Waals surface area contributed by atoms with E-state index in [0.29, 0.717) is 5.56 Å². The summed E-state index contributed by atoms with van der Waals surface area (Å²) < 4.78 is 50.7. The van der Waals surface area contributed by atoms with Gasteiger partial charge in [-0.15, -0.1) is 0 Å². The highest BCUT2D eigenvalue weighted by molar-refractivity contribution is 5.88. The largest absolute Gasteiger partial charge is 0.420 e. The molecule has 6 heteroatoms. The topological polar surface area (TPSA) is 29.5 Å². The summed E-state index contributed by atoms with van der Waals surface area (Å²) in [6.07, 6.45) is -4.72. The van der Waals surface area contributed by atoms with E-state index in [0.717, 1.165) is 6.07 Å². The van der Waals surface area contributed by atoms with Crippen molar-refractivity contribution in [3.63, 3.8) is 0 Å². The molecule has 2 nitrogen and oxygen atoms in total. The molecule has 2 rings (SSSR count). The van der Waals surface area contributed by atoms with Gasteiger partial charge in [-0.3, -0.25) is 4.94 Å². The maximum atomic E-state index is 12.9. The van der Waals surface area contributed by atoms with Crippen molar-refractivity contribution in [2.75, 3.05) is 0 Å². The van der Waals surface area contributed by atoms with Crippen LogP contribution in [0.5, 0.6) is 5.75 Å². The lowest BCUT2D eigenvalue weighted by molar-refractivity contribution is -0.141. The normalized spacial score (nSPS) is 11.8. The summed E-state index contributed by atoms with van der Waals surface area (Å²) in [5.41, 5.74) is -0.684. The first kappa shape index (κ1) is 12.6. The van der Waals surface area contributed by atoms with Crippen molar-refractivity contribution >= 4 is 10.8 Å². The smallest absolute Gasteiger partial charge is 0.392 e. The molecule has 0 unspecified atom stereocenters. The molecule has 18 heavy (non-hydrogen) atoms. The van der Waals surface area contributed by atoms with Crippen LogP contribution in [0.2, 0.25) is 0 Å². The van der Waals surface area contributed by atoms with Crippen LogP contribution in [0.1, 0.15) is 11.1 Å². The van der Waals surface area contributed by atoms with E-state index >= 15 is 0 Å². The monoisotopic (exact) mass is 260 g/mol. The lowest BCUT2D eigenvalue weighted by Crippen LogP contribution is -2.07. The minimum atomic E-state index is -4.72. The van der Waals surface area contributed by atoms with Crippen LogP contribution >= 0.6 is 0 Å². The molecule has 0 bridgehead atoms. The molecule has 0 aliphatic rings. The van der Waals surface area contributed by atoms with E-state index in [1.165, 1.54) is 24.3 Å². The van der Waals surface area contributed by atoms with E-state index in [4.69, 9.17) is 5.11 Å². The van der Waals surface area contributed by atoms with E-state index in [2.05, 4.69) is 4.94 Å². The van der Waals surface area contributed by atoms with Gasteiger partial charge in [0.2, 0.25) is 0 Å². The lowest BCUT2D eigenvalue weighted by Gasteiger charge is -2.13. The Balaban J connectivity index is 2.78. The quantitative estimate of drug-likeness (QED) is 0.836. The molecule has 0 spiro atoms. The maximum absolute atomic E-state index is 12.9. The number of aliphatic hydroxyl groups excluding tert-OH is 1. The van der Waals surface area contributed by atoms with Crippen LogP contribution in [0.4, 0.5) is 17.7 Å². The predicted octanol–water partition coefficient (Wildman–Crippen LogP) is 3.61. The Morgan fingerprint density at radius 2 is 1.83 bits per heavy atom. The molecule has 0 amide bonds. The third-order valence-corrected chi connectivity index (χ3v) is 2.60. The molecule has 0 atom stereocenters. The maximum Gasteiger partial charge on any atom is 0.420 e. The van der Waals surface area contributed by atoms with Crippen molar-refractivity contribution < 1.29 is 27.7 Å². The zero-order valence-electron chi connectivity index (χ0n) is 8.96. The van der Waals surface area contributed by atoms with Gasteiger partial charge in [0.1, 0.15) is 5.56 Å². The summed E-state index contributed by atoms with van der Waals surface area (Å²) in [5.74, 6) is -0.869. The van der Waals surface area contributed by atoms with Crippen molar-refractivity contribution in [3.8, 4) is 5.75 Å². The molecule has 0 heterocycles. The Labute approximate surface area is 99.3 Å². The van der Waals surface area contributed by atoms with E-state index in [1.807, 2.05) is 0 Å². The van der Waals surface area contributed by atoms with Crippen molar-refractivity contribution in [1.29, 1.82) is 0 Å². The molecule has 0 saturated heterocycles. The molecule has 1 N–H and O–H groups in total. The van der Waals surface area contributed by atoms with Gasteiger partial charge in [0, 0.05) is 4.53 Å². The summed E-state index contributed by atoms with van der Waals surface area (Å²) in [7, 11) is 0. The third-order valence-electron chi connectivity index (χ3n) is 2.60. The van der Waals surface area contributed by atoms with Gasteiger partial charge in [0.25, 0.3) is 0 Å². The highest BCUT2D eigenvalue weighted by atomic mass is 19.4. The number of benzene rings is 2. The Bertz CT molecular complexity index is 578.